The van der Waals surface area contributed by atoms with Crippen molar-refractivity contribution in [3.8, 4) is 5.75 Å². The summed E-state index contributed by atoms with van der Waals surface area (Å²) < 4.78 is 0. The molecule has 3 aliphatic carbocycles. The van der Waals surface area contributed by atoms with Gasteiger partial charge in [0.1, 0.15) is 5.75 Å². The van der Waals surface area contributed by atoms with E-state index in [1.165, 1.54) is 62.2 Å². The maximum absolute atomic E-state index is 10.2. The minimum absolute atomic E-state index is 0.192. The van der Waals surface area contributed by atoms with Crippen molar-refractivity contribution < 1.29 is 5.11 Å². The SMILES string of the molecule is C[Si](C)(CCCC(CCC[Si](C)(C)C1C=CC=C1)(CCC[Si](C)(C)C1C=CC=C1)c1ccc(O)cc1)C1C=CC=C1. The molecule has 0 fully saturated rings. The molecule has 0 amide bonds. The molecule has 1 nitrogen and oxygen atoms in total. The second-order valence-electron chi connectivity index (χ2n) is 15.2. The molecule has 222 valence electrons. The molecule has 0 atom stereocenters. The Morgan fingerprint density at radius 2 is 0.805 bits per heavy atom. The minimum Gasteiger partial charge on any atom is -0.508 e. The van der Waals surface area contributed by atoms with E-state index in [0.717, 1.165) is 0 Å². The van der Waals surface area contributed by atoms with Crippen LogP contribution in [0.3, 0.4) is 0 Å². The fourth-order valence-corrected chi connectivity index (χ4v) is 15.7. The molecule has 0 unspecified atom stereocenters. The highest BCUT2D eigenvalue weighted by Crippen LogP contribution is 2.45. The van der Waals surface area contributed by atoms with Gasteiger partial charge < -0.3 is 5.11 Å². The lowest BCUT2D eigenvalue weighted by Crippen LogP contribution is -2.34. The number of rotatable bonds is 16. The Kier molecular flexibility index (Phi) is 10.6. The van der Waals surface area contributed by atoms with Crippen LogP contribution < -0.4 is 0 Å². The van der Waals surface area contributed by atoms with Crippen LogP contribution in [0.25, 0.3) is 0 Å². The molecule has 0 aliphatic heterocycles. The van der Waals surface area contributed by atoms with Crippen molar-refractivity contribution in [3.05, 3.63) is 103 Å². The Labute approximate surface area is 255 Å². The molecule has 0 saturated carbocycles. The number of phenolic OH excluding ortho intramolecular Hbond substituents is 1. The van der Waals surface area contributed by atoms with Crippen LogP contribution in [-0.4, -0.2) is 29.3 Å². The second kappa shape index (κ2) is 13.6. The molecule has 4 heteroatoms. The standard InChI is InChI=1S/C37H56OSi3/c1-39(2,34-16-7-8-17-34)29-13-26-37(32-22-24-33(38)25-23-32,27-14-30-40(3,4)35-18-9-10-19-35)28-15-31-41(5,6)36-20-11-12-21-36/h7-12,16-25,34-36,38H,13-15,26-31H2,1-6H3. The summed E-state index contributed by atoms with van der Waals surface area (Å²) in [5, 5.41) is 10.2. The van der Waals surface area contributed by atoms with E-state index in [9.17, 15) is 5.11 Å². The number of benzene rings is 1. The number of hydrogen-bond donors (Lipinski definition) is 1. The molecule has 1 aromatic carbocycles. The molecule has 0 radical (unpaired) electrons. The van der Waals surface area contributed by atoms with Crippen molar-refractivity contribution in [2.24, 2.45) is 0 Å². The summed E-state index contributed by atoms with van der Waals surface area (Å²) in [7, 11) is -4.10. The zero-order valence-corrected chi connectivity index (χ0v) is 29.8. The highest BCUT2D eigenvalue weighted by Gasteiger charge is 2.37. The molecule has 1 N–H and O–H groups in total. The van der Waals surface area contributed by atoms with E-state index in [0.29, 0.717) is 22.4 Å². The molecule has 0 saturated heterocycles. The monoisotopic (exact) mass is 600 g/mol. The summed E-state index contributed by atoms with van der Waals surface area (Å²) in [6.07, 6.45) is 35.9. The average Bonchev–Trinajstić information content (AvgIpc) is 3.72. The van der Waals surface area contributed by atoms with E-state index < -0.39 is 24.2 Å². The molecule has 0 spiro atoms. The Balaban J connectivity index is 1.54. The predicted molar refractivity (Wildman–Crippen MR) is 190 cm³/mol. The van der Waals surface area contributed by atoms with Gasteiger partial charge in [0, 0.05) is 0 Å². The first-order chi connectivity index (χ1) is 19.4. The summed E-state index contributed by atoms with van der Waals surface area (Å²) in [5.41, 5.74) is 3.71. The maximum Gasteiger partial charge on any atom is 0.115 e. The van der Waals surface area contributed by atoms with Crippen molar-refractivity contribution in [1.29, 1.82) is 0 Å². The fourth-order valence-electron chi connectivity index (χ4n) is 7.63. The lowest BCUT2D eigenvalue weighted by molar-refractivity contribution is 0.325. The molecule has 4 rings (SSSR count). The highest BCUT2D eigenvalue weighted by molar-refractivity contribution is 6.80. The highest BCUT2D eigenvalue weighted by atomic mass is 28.3. The van der Waals surface area contributed by atoms with Crippen LogP contribution in [-0.2, 0) is 5.41 Å². The number of aromatic hydroxyl groups is 1. The summed E-state index contributed by atoms with van der Waals surface area (Å²) in [6, 6.07) is 12.5. The molecule has 1 aromatic rings. The lowest BCUT2D eigenvalue weighted by atomic mass is 9.70. The molecular weight excluding hydrogens is 545 g/mol. The zero-order chi connectivity index (χ0) is 29.6. The Morgan fingerprint density at radius 3 is 1.10 bits per heavy atom. The van der Waals surface area contributed by atoms with Crippen LogP contribution in [0.4, 0.5) is 0 Å². The molecule has 0 bridgehead atoms. The Morgan fingerprint density at radius 1 is 0.512 bits per heavy atom. The van der Waals surface area contributed by atoms with Gasteiger partial charge in [0.2, 0.25) is 0 Å². The Bertz CT molecular complexity index is 1030. The largest absolute Gasteiger partial charge is 0.508 e. The predicted octanol–water partition coefficient (Wildman–Crippen LogP) is 11.6. The summed E-state index contributed by atoms with van der Waals surface area (Å²) in [5.74, 6) is 0.387. The zero-order valence-electron chi connectivity index (χ0n) is 26.8. The van der Waals surface area contributed by atoms with E-state index in [4.69, 9.17) is 0 Å². The van der Waals surface area contributed by atoms with Gasteiger partial charge in [0.05, 0.1) is 24.2 Å². The molecule has 41 heavy (non-hydrogen) atoms. The third-order valence-corrected chi connectivity index (χ3v) is 22.4. The molecule has 0 aromatic heterocycles. The summed E-state index contributed by atoms with van der Waals surface area (Å²) in [6.45, 7) is 15.5. The van der Waals surface area contributed by atoms with Gasteiger partial charge in [-0.25, -0.2) is 0 Å². The normalized spacial score (nSPS) is 18.1. The van der Waals surface area contributed by atoms with Crippen LogP contribution in [0, 0.1) is 0 Å². The Hall–Kier alpha value is -1.89. The number of allylic oxidation sites excluding steroid dienone is 12. The van der Waals surface area contributed by atoms with Gasteiger partial charge in [-0.15, -0.1) is 0 Å². The van der Waals surface area contributed by atoms with Gasteiger partial charge in [0.15, 0.2) is 0 Å². The molecule has 3 aliphatic rings. The quantitative estimate of drug-likeness (QED) is 0.187. The smallest absolute Gasteiger partial charge is 0.115 e. The van der Waals surface area contributed by atoms with Crippen LogP contribution in [0.15, 0.2) is 97.2 Å². The van der Waals surface area contributed by atoms with Crippen LogP contribution in [0.1, 0.15) is 44.1 Å². The van der Waals surface area contributed by atoms with Crippen LogP contribution in [0.2, 0.25) is 74.0 Å². The van der Waals surface area contributed by atoms with E-state index >= 15 is 0 Å². The fraction of sp³-hybridized carbons (Fsp3) is 0.514. The summed E-state index contributed by atoms with van der Waals surface area (Å²) in [4.78, 5) is 0. The average molecular weight is 601 g/mol. The van der Waals surface area contributed by atoms with Gasteiger partial charge in [-0.1, -0.05) is 162 Å². The first-order valence-electron chi connectivity index (χ1n) is 16.3. The lowest BCUT2D eigenvalue weighted by Gasteiger charge is -2.39. The third kappa shape index (κ3) is 8.36. The third-order valence-electron chi connectivity index (χ3n) is 10.9. The van der Waals surface area contributed by atoms with Gasteiger partial charge in [0.25, 0.3) is 0 Å². The first kappa shape index (κ1) is 32.0. The van der Waals surface area contributed by atoms with E-state index in [2.05, 4.69) is 124 Å². The minimum atomic E-state index is -1.37. The van der Waals surface area contributed by atoms with Crippen molar-refractivity contribution in [2.75, 3.05) is 0 Å². The topological polar surface area (TPSA) is 20.2 Å². The summed E-state index contributed by atoms with van der Waals surface area (Å²) >= 11 is 0. The van der Waals surface area contributed by atoms with Crippen molar-refractivity contribution in [1.82, 2.24) is 0 Å². The van der Waals surface area contributed by atoms with Gasteiger partial charge in [-0.2, -0.15) is 0 Å². The molecule has 0 heterocycles. The van der Waals surface area contributed by atoms with Crippen molar-refractivity contribution >= 4 is 24.2 Å². The maximum atomic E-state index is 10.2. The van der Waals surface area contributed by atoms with E-state index in [1.54, 1.807) is 0 Å². The number of hydrogen-bond acceptors (Lipinski definition) is 1. The van der Waals surface area contributed by atoms with Gasteiger partial charge in [-0.3, -0.25) is 0 Å². The van der Waals surface area contributed by atoms with Gasteiger partial charge >= 0.3 is 0 Å². The van der Waals surface area contributed by atoms with Gasteiger partial charge in [-0.05, 0) is 59.0 Å². The first-order valence-corrected chi connectivity index (χ1v) is 26.1. The van der Waals surface area contributed by atoms with Crippen molar-refractivity contribution in [3.63, 3.8) is 0 Å². The second-order valence-corrected chi connectivity index (χ2v) is 30.7. The van der Waals surface area contributed by atoms with Crippen molar-refractivity contribution in [2.45, 2.75) is 118 Å². The molecular formula is C37H56OSi3. The van der Waals surface area contributed by atoms with Crippen LogP contribution in [0.5, 0.6) is 5.75 Å². The van der Waals surface area contributed by atoms with E-state index in [1.807, 2.05) is 12.1 Å². The van der Waals surface area contributed by atoms with E-state index in [-0.39, 0.29) is 5.41 Å². The van der Waals surface area contributed by atoms with Crippen LogP contribution >= 0.6 is 0 Å². The number of phenols is 1.